The zero-order valence-electron chi connectivity index (χ0n) is 8.45. The van der Waals surface area contributed by atoms with Crippen molar-refractivity contribution >= 4 is 5.97 Å². The number of carboxylic acid groups (broad SMARTS) is 1. The number of hydrogen-bond donors (Lipinski definition) is 1. The van der Waals surface area contributed by atoms with Gasteiger partial charge in [0.25, 0.3) is 0 Å². The summed E-state index contributed by atoms with van der Waals surface area (Å²) in [6, 6.07) is 0. The van der Waals surface area contributed by atoms with Crippen LogP contribution in [0.1, 0.15) is 53.9 Å². The molecule has 4 heteroatoms. The topological polar surface area (TPSA) is 63.3 Å². The van der Waals surface area contributed by atoms with E-state index in [1.54, 1.807) is 0 Å². The van der Waals surface area contributed by atoms with E-state index in [0.717, 1.165) is 37.0 Å². The van der Waals surface area contributed by atoms with Crippen LogP contribution >= 0.6 is 0 Å². The van der Waals surface area contributed by atoms with Crippen molar-refractivity contribution in [2.75, 3.05) is 0 Å². The van der Waals surface area contributed by atoms with Crippen LogP contribution in [0.2, 0.25) is 0 Å². The van der Waals surface area contributed by atoms with E-state index in [4.69, 9.17) is 9.63 Å². The maximum atomic E-state index is 10.9. The third-order valence-electron chi connectivity index (χ3n) is 3.89. The Labute approximate surface area is 87.3 Å². The average molecular weight is 207 g/mol. The molecule has 1 N–H and O–H groups in total. The molecule has 80 valence electrons. The molecule has 1 aromatic rings. The van der Waals surface area contributed by atoms with Gasteiger partial charge < -0.3 is 9.63 Å². The third-order valence-corrected chi connectivity index (χ3v) is 3.89. The lowest BCUT2D eigenvalue weighted by Gasteiger charge is -2.19. The van der Waals surface area contributed by atoms with Gasteiger partial charge in [-0.15, -0.1) is 0 Å². The maximum Gasteiger partial charge on any atom is 0.358 e. The second-order valence-electron chi connectivity index (χ2n) is 4.63. The Morgan fingerprint density at radius 1 is 1.33 bits per heavy atom. The number of fused-ring (bicyclic) bond motifs is 2. The first-order chi connectivity index (χ1) is 7.23. The van der Waals surface area contributed by atoms with Crippen molar-refractivity contribution in [3.63, 3.8) is 0 Å². The molecule has 1 fully saturated rings. The second kappa shape index (κ2) is 2.84. The Balaban J connectivity index is 2.08. The van der Waals surface area contributed by atoms with Crippen LogP contribution in [0, 0.1) is 0 Å². The van der Waals surface area contributed by atoms with Crippen LogP contribution in [0.4, 0.5) is 0 Å². The molecule has 15 heavy (non-hydrogen) atoms. The summed E-state index contributed by atoms with van der Waals surface area (Å²) in [6.07, 6.45) is 6.58. The van der Waals surface area contributed by atoms with Gasteiger partial charge in [0, 0.05) is 11.0 Å². The molecule has 4 nitrogen and oxygen atoms in total. The van der Waals surface area contributed by atoms with Gasteiger partial charge in [-0.2, -0.15) is 0 Å². The van der Waals surface area contributed by atoms with E-state index in [9.17, 15) is 4.79 Å². The van der Waals surface area contributed by atoms with Gasteiger partial charge in [-0.05, 0) is 25.7 Å². The monoisotopic (exact) mass is 207 g/mol. The van der Waals surface area contributed by atoms with Crippen LogP contribution in [0.5, 0.6) is 0 Å². The van der Waals surface area contributed by atoms with Gasteiger partial charge >= 0.3 is 5.97 Å². The van der Waals surface area contributed by atoms with Gasteiger partial charge in [-0.1, -0.05) is 18.0 Å². The number of carbonyl (C=O) groups is 1. The van der Waals surface area contributed by atoms with Crippen molar-refractivity contribution in [3.05, 3.63) is 17.0 Å². The van der Waals surface area contributed by atoms with E-state index in [2.05, 4.69) is 5.16 Å². The lowest BCUT2D eigenvalue weighted by atomic mass is 9.84. The van der Waals surface area contributed by atoms with Crippen molar-refractivity contribution in [1.29, 1.82) is 0 Å². The number of rotatable bonds is 1. The Bertz CT molecular complexity index is 415. The van der Waals surface area contributed by atoms with Gasteiger partial charge in [0.2, 0.25) is 0 Å². The predicted molar refractivity (Wildman–Crippen MR) is 51.9 cm³/mol. The van der Waals surface area contributed by atoms with Crippen LogP contribution in [0.15, 0.2) is 4.52 Å². The first-order valence-corrected chi connectivity index (χ1v) is 5.45. The molecule has 0 unspecified atom stereocenters. The number of aromatic nitrogens is 1. The van der Waals surface area contributed by atoms with Gasteiger partial charge in [-0.25, -0.2) is 4.79 Å². The minimum absolute atomic E-state index is 0.133. The molecule has 1 aromatic heterocycles. The highest BCUT2D eigenvalue weighted by molar-refractivity contribution is 5.87. The summed E-state index contributed by atoms with van der Waals surface area (Å²) in [7, 11) is 0. The second-order valence-corrected chi connectivity index (χ2v) is 4.63. The smallest absolute Gasteiger partial charge is 0.358 e. The maximum absolute atomic E-state index is 10.9. The quantitative estimate of drug-likeness (QED) is 0.766. The van der Waals surface area contributed by atoms with Gasteiger partial charge in [0.15, 0.2) is 5.69 Å². The van der Waals surface area contributed by atoms with Crippen LogP contribution in [0.25, 0.3) is 0 Å². The highest BCUT2D eigenvalue weighted by atomic mass is 16.5. The van der Waals surface area contributed by atoms with Crippen molar-refractivity contribution in [3.8, 4) is 0 Å². The summed E-state index contributed by atoms with van der Waals surface area (Å²) in [6.45, 7) is 0. The molecule has 0 aromatic carbocycles. The summed E-state index contributed by atoms with van der Waals surface area (Å²) in [5, 5.41) is 12.6. The first kappa shape index (κ1) is 8.95. The summed E-state index contributed by atoms with van der Waals surface area (Å²) in [5.74, 6) is -0.0903. The molecule has 0 atom stereocenters. The lowest BCUT2D eigenvalue weighted by Crippen LogP contribution is -2.16. The van der Waals surface area contributed by atoms with Crippen LogP contribution < -0.4 is 0 Å². The fourth-order valence-corrected chi connectivity index (χ4v) is 3.13. The summed E-state index contributed by atoms with van der Waals surface area (Å²) < 4.78 is 5.28. The fraction of sp³-hybridized carbons (Fsp3) is 0.636. The molecule has 0 amide bonds. The molecule has 1 saturated carbocycles. The van der Waals surface area contributed by atoms with Gasteiger partial charge in [0.05, 0.1) is 0 Å². The number of aromatic carboxylic acids is 1. The van der Waals surface area contributed by atoms with Crippen molar-refractivity contribution in [1.82, 2.24) is 5.16 Å². The van der Waals surface area contributed by atoms with E-state index < -0.39 is 5.97 Å². The minimum atomic E-state index is -0.963. The predicted octanol–water partition coefficient (Wildman–Crippen LogP) is 2.13. The molecular weight excluding hydrogens is 194 g/mol. The number of carboxylic acids is 1. The Morgan fingerprint density at radius 3 is 2.73 bits per heavy atom. The molecule has 0 saturated heterocycles. The zero-order valence-corrected chi connectivity index (χ0v) is 8.45. The van der Waals surface area contributed by atoms with Crippen molar-refractivity contribution in [2.45, 2.75) is 43.9 Å². The van der Waals surface area contributed by atoms with E-state index in [1.165, 1.54) is 12.8 Å². The molecule has 1 spiro atoms. The van der Waals surface area contributed by atoms with Crippen molar-refractivity contribution < 1.29 is 14.4 Å². The molecule has 2 aliphatic carbocycles. The molecule has 2 aliphatic rings. The first-order valence-electron chi connectivity index (χ1n) is 5.45. The highest BCUT2D eigenvalue weighted by Gasteiger charge is 2.46. The van der Waals surface area contributed by atoms with Gasteiger partial charge in [0.1, 0.15) is 5.76 Å². The minimum Gasteiger partial charge on any atom is -0.476 e. The number of hydrogen-bond acceptors (Lipinski definition) is 3. The van der Waals surface area contributed by atoms with Crippen LogP contribution in [-0.4, -0.2) is 16.2 Å². The van der Waals surface area contributed by atoms with E-state index in [-0.39, 0.29) is 11.1 Å². The van der Waals surface area contributed by atoms with Crippen molar-refractivity contribution in [2.24, 2.45) is 0 Å². The summed E-state index contributed by atoms with van der Waals surface area (Å²) in [5.41, 5.74) is 1.12. The molecule has 0 aliphatic heterocycles. The van der Waals surface area contributed by atoms with E-state index >= 15 is 0 Å². The van der Waals surface area contributed by atoms with E-state index in [0.29, 0.717) is 0 Å². The molecule has 1 heterocycles. The SMILES string of the molecule is O=C(O)c1noc2c1CCC21CCCC1. The highest BCUT2D eigenvalue weighted by Crippen LogP contribution is 2.50. The Hall–Kier alpha value is -1.32. The zero-order chi connectivity index (χ0) is 10.5. The molecule has 0 radical (unpaired) electrons. The van der Waals surface area contributed by atoms with Gasteiger partial charge in [-0.3, -0.25) is 0 Å². The third kappa shape index (κ3) is 1.07. The Morgan fingerprint density at radius 2 is 2.07 bits per heavy atom. The largest absolute Gasteiger partial charge is 0.476 e. The number of nitrogens with zero attached hydrogens (tertiary/aromatic N) is 1. The molecular formula is C11H13NO3. The van der Waals surface area contributed by atoms with E-state index in [1.807, 2.05) is 0 Å². The fourth-order valence-electron chi connectivity index (χ4n) is 3.13. The average Bonchev–Trinajstić information content (AvgIpc) is 2.88. The van der Waals surface area contributed by atoms with Crippen LogP contribution in [0.3, 0.4) is 0 Å². The molecule has 0 bridgehead atoms. The standard InChI is InChI=1S/C11H13NO3/c13-10(14)8-7-3-6-11(4-1-2-5-11)9(7)15-12-8/h1-6H2,(H,13,14). The normalized spacial score (nSPS) is 22.1. The lowest BCUT2D eigenvalue weighted by molar-refractivity contribution is 0.0683. The van der Waals surface area contributed by atoms with Crippen LogP contribution in [-0.2, 0) is 11.8 Å². The Kier molecular flexibility index (Phi) is 1.69. The summed E-state index contributed by atoms with van der Waals surface area (Å²) in [4.78, 5) is 10.9. The molecule has 3 rings (SSSR count). The summed E-state index contributed by atoms with van der Waals surface area (Å²) >= 11 is 0.